The van der Waals surface area contributed by atoms with Crippen LogP contribution in [0.1, 0.15) is 202 Å². The van der Waals surface area contributed by atoms with Crippen LogP contribution in [0, 0.1) is 0 Å². The summed E-state index contributed by atoms with van der Waals surface area (Å²) in [6.45, 7) is 43.2. The molecule has 3 aliphatic heterocycles. The zero-order valence-corrected chi connectivity index (χ0v) is 54.7. The third-order valence-corrected chi connectivity index (χ3v) is 21.5. The zero-order valence-electron chi connectivity index (χ0n) is 54.7. The van der Waals surface area contributed by atoms with Crippen LogP contribution >= 0.6 is 0 Å². The summed E-state index contributed by atoms with van der Waals surface area (Å²) in [5.41, 5.74) is 27.3. The number of nitrogens with zero attached hydrogens (tertiary/aromatic N) is 4. The van der Waals surface area contributed by atoms with Gasteiger partial charge in [0.2, 0.25) is 0 Å². The first-order chi connectivity index (χ1) is 39.9. The smallest absolute Gasteiger partial charge is 0.252 e. The monoisotopic (exact) mass is 1120 g/mol. The molecule has 5 aliphatic rings. The van der Waals surface area contributed by atoms with E-state index in [4.69, 9.17) is 0 Å². The third kappa shape index (κ3) is 9.12. The summed E-state index contributed by atoms with van der Waals surface area (Å²) in [6, 6.07) is 65.3. The average molecular weight is 1120 g/mol. The van der Waals surface area contributed by atoms with E-state index in [2.05, 4.69) is 308 Å². The Morgan fingerprint density at radius 2 is 0.812 bits per heavy atom. The zero-order chi connectivity index (χ0) is 60.3. The topological polar surface area (TPSA) is 13.0 Å². The summed E-state index contributed by atoms with van der Waals surface area (Å²) in [7, 11) is 0. The van der Waals surface area contributed by atoms with Gasteiger partial charge in [0.25, 0.3) is 6.71 Å². The molecule has 0 bridgehead atoms. The quantitative estimate of drug-likeness (QED) is 0.154. The van der Waals surface area contributed by atoms with Crippen LogP contribution in [0.25, 0.3) is 0 Å². The molecule has 1 fully saturated rings. The predicted octanol–water partition coefficient (Wildman–Crippen LogP) is 20.5. The normalized spacial score (nSPS) is 20.3. The maximum atomic E-state index is 2.84. The minimum Gasteiger partial charge on any atom is -0.334 e. The van der Waals surface area contributed by atoms with E-state index in [9.17, 15) is 0 Å². The lowest BCUT2D eigenvalue weighted by Crippen LogP contribution is -2.62. The Bertz CT molecular complexity index is 3860. The summed E-state index contributed by atoms with van der Waals surface area (Å²) in [4.78, 5) is 10.7. The van der Waals surface area contributed by atoms with Gasteiger partial charge < -0.3 is 19.6 Å². The highest BCUT2D eigenvalue weighted by Crippen LogP contribution is 2.63. The van der Waals surface area contributed by atoms with Gasteiger partial charge in [-0.15, -0.1) is 0 Å². The lowest BCUT2D eigenvalue weighted by molar-refractivity contribution is 0.195. The van der Waals surface area contributed by atoms with Crippen LogP contribution in [0.4, 0.5) is 62.6 Å². The van der Waals surface area contributed by atoms with Crippen LogP contribution in [0.3, 0.4) is 0 Å². The molecule has 13 rings (SSSR count). The fourth-order valence-electron chi connectivity index (χ4n) is 15.8. The van der Waals surface area contributed by atoms with Gasteiger partial charge in [-0.2, -0.15) is 0 Å². The number of rotatable bonds is 6. The van der Waals surface area contributed by atoms with Crippen LogP contribution in [-0.2, 0) is 37.9 Å². The van der Waals surface area contributed by atoms with E-state index in [1.807, 2.05) is 0 Å². The molecule has 5 heteroatoms. The highest BCUT2D eigenvalue weighted by molar-refractivity contribution is 7.00. The fourth-order valence-corrected chi connectivity index (χ4v) is 15.8. The molecule has 2 unspecified atom stereocenters. The van der Waals surface area contributed by atoms with Crippen LogP contribution < -0.4 is 36.0 Å². The lowest BCUT2D eigenvalue weighted by Gasteiger charge is -2.51. The molecular formula is C80H93BN4. The molecular weight excluding hydrogens is 1030 g/mol. The standard InChI is InChI=1S/C80H93BN4/c1-73(2,3)52-26-33-57(34-27-52)82(58-35-28-53(29-36-58)74(4,5)6)60-39-41-67-64(47-60)79(17)42-22-23-43-80(79,18)85(67)61-48-70-72-71(49-61)84(56-24-20-19-21-25-56)69-51-63-62(77(13,14)44-45-78(63,15)16)50-66(69)81(72)65-46-55(76(10,11)12)32-40-68(65)83(70)59-37-30-54(31-38-59)75(7,8)9/h19-21,24-41,46-51H,22-23,42-45H2,1-18H3. The molecule has 1 saturated carbocycles. The molecule has 0 saturated heterocycles. The molecule has 0 aromatic heterocycles. The van der Waals surface area contributed by atoms with E-state index in [1.54, 1.807) is 0 Å². The van der Waals surface area contributed by atoms with E-state index < -0.39 is 0 Å². The molecule has 0 radical (unpaired) electrons. The Kier molecular flexibility index (Phi) is 12.9. The van der Waals surface area contributed by atoms with Crippen molar-refractivity contribution in [3.05, 3.63) is 203 Å². The molecule has 2 atom stereocenters. The van der Waals surface area contributed by atoms with Crippen molar-refractivity contribution in [2.24, 2.45) is 0 Å². The van der Waals surface area contributed by atoms with Gasteiger partial charge in [-0.25, -0.2) is 0 Å². The molecule has 8 aromatic rings. The summed E-state index contributed by atoms with van der Waals surface area (Å²) in [6.07, 6.45) is 6.92. The maximum absolute atomic E-state index is 2.84. The van der Waals surface area contributed by atoms with Crippen molar-refractivity contribution in [1.29, 1.82) is 0 Å². The second kappa shape index (κ2) is 19.3. The lowest BCUT2D eigenvalue weighted by atomic mass is 9.33. The summed E-state index contributed by atoms with van der Waals surface area (Å²) in [5.74, 6) is 0. The molecule has 3 heterocycles. The van der Waals surface area contributed by atoms with Crippen LogP contribution in [0.15, 0.2) is 164 Å². The van der Waals surface area contributed by atoms with E-state index in [0.29, 0.717) is 0 Å². The van der Waals surface area contributed by atoms with E-state index in [-0.39, 0.29) is 50.2 Å². The molecule has 0 N–H and O–H groups in total. The molecule has 0 amide bonds. The summed E-state index contributed by atoms with van der Waals surface area (Å²) >= 11 is 0. The second-order valence-corrected chi connectivity index (χ2v) is 32.2. The van der Waals surface area contributed by atoms with E-state index >= 15 is 0 Å². The van der Waals surface area contributed by atoms with Crippen molar-refractivity contribution in [3.8, 4) is 0 Å². The van der Waals surface area contributed by atoms with Gasteiger partial charge in [0.1, 0.15) is 0 Å². The van der Waals surface area contributed by atoms with Crippen molar-refractivity contribution in [1.82, 2.24) is 0 Å². The molecule has 4 nitrogen and oxygen atoms in total. The Labute approximate surface area is 511 Å². The average Bonchev–Trinajstić information content (AvgIpc) is 1.70. The van der Waals surface area contributed by atoms with Gasteiger partial charge in [-0.3, -0.25) is 0 Å². The third-order valence-electron chi connectivity index (χ3n) is 21.5. The molecule has 2 aliphatic carbocycles. The first kappa shape index (κ1) is 57.1. The Balaban J connectivity index is 1.09. The Morgan fingerprint density at radius 3 is 1.35 bits per heavy atom. The number of fused-ring (bicyclic) bond motifs is 8. The maximum Gasteiger partial charge on any atom is 0.252 e. The van der Waals surface area contributed by atoms with Crippen molar-refractivity contribution in [2.75, 3.05) is 19.6 Å². The summed E-state index contributed by atoms with van der Waals surface area (Å²) in [5, 5.41) is 0. The largest absolute Gasteiger partial charge is 0.334 e. The van der Waals surface area contributed by atoms with E-state index in [1.165, 1.54) is 131 Å². The number of benzene rings is 8. The Hall–Kier alpha value is -6.98. The highest BCUT2D eigenvalue weighted by atomic mass is 15.3. The SMILES string of the molecule is CC(C)(C)c1ccc(N(c2ccc(C(C)(C)C)cc2)c2ccc3c(c2)C2(C)CCCCC2(C)N3c2cc3c4c(c2)N(c2ccccc2)c2cc5c(cc2B4c2cc(C(C)(C)C)ccc2N3c2ccc(C(C)(C)C)cc2)C(C)(C)CCC5(C)C)cc1. The first-order valence-electron chi connectivity index (χ1n) is 32.1. The fraction of sp³-hybridized carbons (Fsp3) is 0.400. The minimum absolute atomic E-state index is 0.00702. The molecule has 436 valence electrons. The van der Waals surface area contributed by atoms with Crippen molar-refractivity contribution >= 4 is 85.7 Å². The van der Waals surface area contributed by atoms with E-state index in [0.717, 1.165) is 25.7 Å². The van der Waals surface area contributed by atoms with Gasteiger partial charge in [0.05, 0.1) is 5.54 Å². The van der Waals surface area contributed by atoms with Gasteiger partial charge in [0.15, 0.2) is 0 Å². The number of anilines is 11. The number of hydrogen-bond donors (Lipinski definition) is 0. The van der Waals surface area contributed by atoms with Crippen molar-refractivity contribution in [2.45, 2.75) is 207 Å². The minimum atomic E-state index is -0.230. The molecule has 0 spiro atoms. The van der Waals surface area contributed by atoms with Gasteiger partial charge in [-0.05, 0) is 211 Å². The molecule has 85 heavy (non-hydrogen) atoms. The Morgan fingerprint density at radius 1 is 0.365 bits per heavy atom. The van der Waals surface area contributed by atoms with Gasteiger partial charge in [0, 0.05) is 68.0 Å². The molecule has 8 aromatic carbocycles. The number of para-hydroxylation sites is 1. The van der Waals surface area contributed by atoms with Gasteiger partial charge >= 0.3 is 0 Å². The number of hydrogen-bond acceptors (Lipinski definition) is 4. The van der Waals surface area contributed by atoms with Crippen LogP contribution in [0.5, 0.6) is 0 Å². The second-order valence-electron chi connectivity index (χ2n) is 32.2. The van der Waals surface area contributed by atoms with Crippen molar-refractivity contribution < 1.29 is 0 Å². The van der Waals surface area contributed by atoms with Crippen LogP contribution in [-0.4, -0.2) is 12.3 Å². The van der Waals surface area contributed by atoms with Crippen LogP contribution in [0.2, 0.25) is 0 Å². The highest BCUT2D eigenvalue weighted by Gasteiger charge is 2.58. The first-order valence-corrected chi connectivity index (χ1v) is 32.1. The summed E-state index contributed by atoms with van der Waals surface area (Å²) < 4.78 is 0. The van der Waals surface area contributed by atoms with Crippen molar-refractivity contribution in [3.63, 3.8) is 0 Å². The predicted molar refractivity (Wildman–Crippen MR) is 368 cm³/mol. The van der Waals surface area contributed by atoms with Gasteiger partial charge in [-0.1, -0.05) is 203 Å².